The highest BCUT2D eigenvalue weighted by atomic mass is 16.3. The molecule has 0 bridgehead atoms. The molecule has 0 saturated heterocycles. The lowest BCUT2D eigenvalue weighted by atomic mass is 9.89. The highest BCUT2D eigenvalue weighted by Gasteiger charge is 2.23. The van der Waals surface area contributed by atoms with E-state index in [-0.39, 0.29) is 0 Å². The quantitative estimate of drug-likeness (QED) is 0.774. The van der Waals surface area contributed by atoms with Gasteiger partial charge in [-0.25, -0.2) is 0 Å². The maximum absolute atomic E-state index is 5.50. The molecule has 0 amide bonds. The first-order valence-corrected chi connectivity index (χ1v) is 5.93. The molecular formula is C13H23NO. The molecular weight excluding hydrogens is 186 g/mol. The lowest BCUT2D eigenvalue weighted by molar-refractivity contribution is 0.268. The molecule has 2 unspecified atom stereocenters. The van der Waals surface area contributed by atoms with Gasteiger partial charge in [0.15, 0.2) is 0 Å². The van der Waals surface area contributed by atoms with Crippen LogP contribution < -0.4 is 5.32 Å². The number of furan rings is 1. The van der Waals surface area contributed by atoms with E-state index < -0.39 is 0 Å². The zero-order valence-electron chi connectivity index (χ0n) is 10.3. The highest BCUT2D eigenvalue weighted by molar-refractivity contribution is 5.05. The zero-order chi connectivity index (χ0) is 11.3. The smallest absolute Gasteiger partial charge is 0.120 e. The van der Waals surface area contributed by atoms with Gasteiger partial charge in [0.25, 0.3) is 0 Å². The van der Waals surface area contributed by atoms with Gasteiger partial charge in [-0.15, -0.1) is 0 Å². The minimum absolute atomic E-state index is 0.347. The molecule has 0 fully saturated rings. The summed E-state index contributed by atoms with van der Waals surface area (Å²) in [5.74, 6) is 2.30. The van der Waals surface area contributed by atoms with Crippen molar-refractivity contribution < 1.29 is 4.42 Å². The second-order valence-corrected chi connectivity index (χ2v) is 4.55. The molecule has 2 atom stereocenters. The lowest BCUT2D eigenvalue weighted by Gasteiger charge is -2.26. The van der Waals surface area contributed by atoms with E-state index in [2.05, 4.69) is 39.1 Å². The second-order valence-electron chi connectivity index (χ2n) is 4.55. The van der Waals surface area contributed by atoms with Crippen LogP contribution in [-0.4, -0.2) is 6.54 Å². The average Bonchev–Trinajstić information content (AvgIpc) is 2.71. The summed E-state index contributed by atoms with van der Waals surface area (Å²) in [6.07, 6.45) is 2.91. The molecule has 1 aromatic heterocycles. The topological polar surface area (TPSA) is 25.2 Å². The van der Waals surface area contributed by atoms with Crippen LogP contribution in [0.1, 0.15) is 45.9 Å². The van der Waals surface area contributed by atoms with E-state index in [0.29, 0.717) is 17.9 Å². The van der Waals surface area contributed by atoms with E-state index in [1.54, 1.807) is 6.26 Å². The third kappa shape index (κ3) is 3.38. The van der Waals surface area contributed by atoms with Crippen LogP contribution in [0.15, 0.2) is 22.8 Å². The summed E-state index contributed by atoms with van der Waals surface area (Å²) >= 11 is 0. The van der Waals surface area contributed by atoms with Crippen LogP contribution in [-0.2, 0) is 0 Å². The molecule has 1 N–H and O–H groups in total. The molecule has 15 heavy (non-hydrogen) atoms. The van der Waals surface area contributed by atoms with Crippen molar-refractivity contribution in [1.29, 1.82) is 0 Å². The van der Waals surface area contributed by atoms with Crippen molar-refractivity contribution in [1.82, 2.24) is 5.32 Å². The Morgan fingerprint density at radius 3 is 2.53 bits per heavy atom. The van der Waals surface area contributed by atoms with Crippen molar-refractivity contribution in [2.45, 2.75) is 40.2 Å². The van der Waals surface area contributed by atoms with Crippen LogP contribution in [0.3, 0.4) is 0 Å². The number of nitrogens with one attached hydrogen (secondary N) is 1. The Labute approximate surface area is 93.1 Å². The first kappa shape index (κ1) is 12.3. The predicted octanol–water partition coefficient (Wildman–Crippen LogP) is 3.61. The van der Waals surface area contributed by atoms with Crippen LogP contribution in [0.4, 0.5) is 0 Å². The van der Waals surface area contributed by atoms with Crippen molar-refractivity contribution in [2.24, 2.45) is 11.8 Å². The van der Waals surface area contributed by atoms with Gasteiger partial charge < -0.3 is 9.73 Å². The number of hydrogen-bond donors (Lipinski definition) is 1. The number of rotatable bonds is 6. The highest BCUT2D eigenvalue weighted by Crippen LogP contribution is 2.27. The largest absolute Gasteiger partial charge is 0.468 e. The molecule has 0 aromatic carbocycles. The Hall–Kier alpha value is -0.760. The molecule has 0 aliphatic rings. The van der Waals surface area contributed by atoms with Crippen LogP contribution in [0, 0.1) is 11.8 Å². The van der Waals surface area contributed by atoms with Crippen LogP contribution in [0.25, 0.3) is 0 Å². The molecule has 0 radical (unpaired) electrons. The fourth-order valence-electron chi connectivity index (χ4n) is 1.70. The van der Waals surface area contributed by atoms with Gasteiger partial charge in [-0.05, 0) is 36.9 Å². The van der Waals surface area contributed by atoms with E-state index >= 15 is 0 Å². The Morgan fingerprint density at radius 2 is 2.07 bits per heavy atom. The van der Waals surface area contributed by atoms with E-state index in [1.807, 2.05) is 6.07 Å². The molecule has 0 aliphatic heterocycles. The summed E-state index contributed by atoms with van der Waals surface area (Å²) in [6, 6.07) is 4.37. The maximum Gasteiger partial charge on any atom is 0.120 e. The predicted molar refractivity (Wildman–Crippen MR) is 63.7 cm³/mol. The van der Waals surface area contributed by atoms with Crippen molar-refractivity contribution in [2.75, 3.05) is 6.54 Å². The van der Waals surface area contributed by atoms with Crippen LogP contribution >= 0.6 is 0 Å². The average molecular weight is 209 g/mol. The van der Waals surface area contributed by atoms with E-state index in [4.69, 9.17) is 4.42 Å². The standard InChI is InChI=1S/C13H23NO/c1-5-8-14-13(11(4)10(2)3)12-7-6-9-15-12/h6-7,9-11,13-14H,5,8H2,1-4H3. The summed E-state index contributed by atoms with van der Waals surface area (Å²) in [5, 5.41) is 3.56. The van der Waals surface area contributed by atoms with Crippen molar-refractivity contribution in [3.63, 3.8) is 0 Å². The molecule has 0 spiro atoms. The van der Waals surface area contributed by atoms with Gasteiger partial charge in [0, 0.05) is 0 Å². The summed E-state index contributed by atoms with van der Waals surface area (Å²) in [6.45, 7) is 10.0. The molecule has 0 saturated carbocycles. The van der Waals surface area contributed by atoms with Gasteiger partial charge in [-0.3, -0.25) is 0 Å². The minimum atomic E-state index is 0.347. The Balaban J connectivity index is 2.69. The zero-order valence-corrected chi connectivity index (χ0v) is 10.3. The monoisotopic (exact) mass is 209 g/mol. The van der Waals surface area contributed by atoms with Crippen molar-refractivity contribution in [3.8, 4) is 0 Å². The first-order valence-electron chi connectivity index (χ1n) is 5.93. The van der Waals surface area contributed by atoms with E-state index in [9.17, 15) is 0 Å². The normalized spacial score (nSPS) is 15.5. The molecule has 1 aromatic rings. The Kier molecular flexibility index (Phi) is 4.89. The van der Waals surface area contributed by atoms with Crippen molar-refractivity contribution >= 4 is 0 Å². The minimum Gasteiger partial charge on any atom is -0.468 e. The lowest BCUT2D eigenvalue weighted by Crippen LogP contribution is -2.29. The second kappa shape index (κ2) is 5.96. The van der Waals surface area contributed by atoms with Gasteiger partial charge in [0.1, 0.15) is 5.76 Å². The summed E-state index contributed by atoms with van der Waals surface area (Å²) in [7, 11) is 0. The summed E-state index contributed by atoms with van der Waals surface area (Å²) in [4.78, 5) is 0. The molecule has 1 rings (SSSR count). The van der Waals surface area contributed by atoms with Crippen LogP contribution in [0.5, 0.6) is 0 Å². The molecule has 2 heteroatoms. The van der Waals surface area contributed by atoms with Gasteiger partial charge in [0.05, 0.1) is 12.3 Å². The summed E-state index contributed by atoms with van der Waals surface area (Å²) in [5.41, 5.74) is 0. The van der Waals surface area contributed by atoms with Gasteiger partial charge in [0.2, 0.25) is 0 Å². The third-order valence-corrected chi connectivity index (χ3v) is 3.04. The van der Waals surface area contributed by atoms with Gasteiger partial charge in [-0.1, -0.05) is 27.7 Å². The number of hydrogen-bond acceptors (Lipinski definition) is 2. The fourth-order valence-corrected chi connectivity index (χ4v) is 1.70. The SMILES string of the molecule is CCCNC(c1ccco1)C(C)C(C)C. The third-order valence-electron chi connectivity index (χ3n) is 3.04. The van der Waals surface area contributed by atoms with Gasteiger partial charge in [-0.2, -0.15) is 0 Å². The summed E-state index contributed by atoms with van der Waals surface area (Å²) < 4.78 is 5.50. The van der Waals surface area contributed by atoms with Crippen molar-refractivity contribution in [3.05, 3.63) is 24.2 Å². The molecule has 2 nitrogen and oxygen atoms in total. The Bertz CT molecular complexity index is 254. The molecule has 86 valence electrons. The molecule has 0 aliphatic carbocycles. The fraction of sp³-hybridized carbons (Fsp3) is 0.692. The van der Waals surface area contributed by atoms with E-state index in [0.717, 1.165) is 18.7 Å². The van der Waals surface area contributed by atoms with E-state index in [1.165, 1.54) is 0 Å². The maximum atomic E-state index is 5.50. The first-order chi connectivity index (χ1) is 7.16. The molecule has 1 heterocycles. The van der Waals surface area contributed by atoms with Gasteiger partial charge >= 0.3 is 0 Å². The van der Waals surface area contributed by atoms with Crippen LogP contribution in [0.2, 0.25) is 0 Å². The Morgan fingerprint density at radius 1 is 1.33 bits per heavy atom.